The van der Waals surface area contributed by atoms with Gasteiger partial charge in [0.25, 0.3) is 0 Å². The molecule has 6 nitrogen and oxygen atoms in total. The SMILES string of the molecule is COc1ccc(O[C@H]2CCN(C(=O)OCc3ccccc3)C[C@@H]2O)c(Br)c1. The Balaban J connectivity index is 1.52. The molecule has 0 aliphatic carbocycles. The maximum atomic E-state index is 12.2. The van der Waals surface area contributed by atoms with E-state index in [-0.39, 0.29) is 13.2 Å². The van der Waals surface area contributed by atoms with E-state index in [9.17, 15) is 9.90 Å². The molecule has 2 atom stereocenters. The Morgan fingerprint density at radius 1 is 1.26 bits per heavy atom. The quantitative estimate of drug-likeness (QED) is 0.776. The van der Waals surface area contributed by atoms with Gasteiger partial charge in [0.1, 0.15) is 30.3 Å². The van der Waals surface area contributed by atoms with E-state index in [0.717, 1.165) is 10.0 Å². The summed E-state index contributed by atoms with van der Waals surface area (Å²) in [5, 5.41) is 10.4. The van der Waals surface area contributed by atoms with Crippen LogP contribution < -0.4 is 9.47 Å². The summed E-state index contributed by atoms with van der Waals surface area (Å²) in [5.41, 5.74) is 0.925. The molecule has 0 bridgehead atoms. The summed E-state index contributed by atoms with van der Waals surface area (Å²) >= 11 is 3.44. The number of aliphatic hydroxyl groups is 1. The van der Waals surface area contributed by atoms with Crippen molar-refractivity contribution in [2.24, 2.45) is 0 Å². The summed E-state index contributed by atoms with van der Waals surface area (Å²) in [7, 11) is 1.60. The largest absolute Gasteiger partial charge is 0.497 e. The van der Waals surface area contributed by atoms with Crippen molar-refractivity contribution in [1.29, 1.82) is 0 Å². The van der Waals surface area contributed by atoms with Crippen LogP contribution in [0.15, 0.2) is 53.0 Å². The van der Waals surface area contributed by atoms with Crippen molar-refractivity contribution in [3.05, 3.63) is 58.6 Å². The van der Waals surface area contributed by atoms with Gasteiger partial charge in [0.05, 0.1) is 18.1 Å². The zero-order chi connectivity index (χ0) is 19.2. The van der Waals surface area contributed by atoms with Crippen LogP contribution in [0.3, 0.4) is 0 Å². The zero-order valence-corrected chi connectivity index (χ0v) is 16.6. The van der Waals surface area contributed by atoms with Crippen LogP contribution in [0.4, 0.5) is 4.79 Å². The van der Waals surface area contributed by atoms with E-state index in [0.29, 0.717) is 24.5 Å². The molecule has 3 rings (SSSR count). The van der Waals surface area contributed by atoms with E-state index in [2.05, 4.69) is 15.9 Å². The predicted octanol–water partition coefficient (Wildman–Crippen LogP) is 3.61. The van der Waals surface area contributed by atoms with Gasteiger partial charge in [-0.2, -0.15) is 0 Å². The normalized spacial score (nSPS) is 19.4. The highest BCUT2D eigenvalue weighted by atomic mass is 79.9. The van der Waals surface area contributed by atoms with Crippen molar-refractivity contribution >= 4 is 22.0 Å². The van der Waals surface area contributed by atoms with Crippen LogP contribution in [0.1, 0.15) is 12.0 Å². The van der Waals surface area contributed by atoms with Crippen LogP contribution in [-0.2, 0) is 11.3 Å². The third-order valence-electron chi connectivity index (χ3n) is 4.40. The van der Waals surface area contributed by atoms with E-state index in [1.165, 1.54) is 4.90 Å². The van der Waals surface area contributed by atoms with Gasteiger partial charge in [0.15, 0.2) is 0 Å². The second-order valence-corrected chi connectivity index (χ2v) is 7.15. The van der Waals surface area contributed by atoms with Crippen molar-refractivity contribution in [3.63, 3.8) is 0 Å². The van der Waals surface area contributed by atoms with Gasteiger partial charge in [-0.1, -0.05) is 30.3 Å². The summed E-state index contributed by atoms with van der Waals surface area (Å²) in [5.74, 6) is 1.34. The molecule has 0 spiro atoms. The van der Waals surface area contributed by atoms with Crippen molar-refractivity contribution < 1.29 is 24.1 Å². The van der Waals surface area contributed by atoms with Crippen molar-refractivity contribution in [3.8, 4) is 11.5 Å². The van der Waals surface area contributed by atoms with Crippen LogP contribution in [0, 0.1) is 0 Å². The number of nitrogens with zero attached hydrogens (tertiary/aromatic N) is 1. The molecule has 1 amide bonds. The smallest absolute Gasteiger partial charge is 0.410 e. The minimum Gasteiger partial charge on any atom is -0.497 e. The number of benzene rings is 2. The maximum Gasteiger partial charge on any atom is 0.410 e. The molecule has 0 saturated carbocycles. The van der Waals surface area contributed by atoms with Gasteiger partial charge < -0.3 is 24.2 Å². The average Bonchev–Trinajstić information content (AvgIpc) is 2.69. The number of amides is 1. The molecule has 2 aromatic rings. The number of methoxy groups -OCH3 is 1. The fourth-order valence-corrected chi connectivity index (χ4v) is 3.34. The predicted molar refractivity (Wildman–Crippen MR) is 104 cm³/mol. The Morgan fingerprint density at radius 3 is 2.70 bits per heavy atom. The molecular formula is C20H22BrNO5. The van der Waals surface area contributed by atoms with Crippen LogP contribution in [0.5, 0.6) is 11.5 Å². The second-order valence-electron chi connectivity index (χ2n) is 6.29. The highest BCUT2D eigenvalue weighted by Gasteiger charge is 2.32. The van der Waals surface area contributed by atoms with E-state index >= 15 is 0 Å². The number of hydrogen-bond acceptors (Lipinski definition) is 5. The Bertz CT molecular complexity index is 770. The van der Waals surface area contributed by atoms with Gasteiger partial charge in [0.2, 0.25) is 0 Å². The van der Waals surface area contributed by atoms with Crippen LogP contribution in [0.2, 0.25) is 0 Å². The van der Waals surface area contributed by atoms with Crippen molar-refractivity contribution in [2.75, 3.05) is 20.2 Å². The van der Waals surface area contributed by atoms with Gasteiger partial charge in [-0.15, -0.1) is 0 Å². The number of carbonyl (C=O) groups excluding carboxylic acids is 1. The molecule has 1 aliphatic rings. The fourth-order valence-electron chi connectivity index (χ4n) is 2.89. The van der Waals surface area contributed by atoms with Gasteiger partial charge >= 0.3 is 6.09 Å². The Labute approximate surface area is 166 Å². The minimum absolute atomic E-state index is 0.173. The summed E-state index contributed by atoms with van der Waals surface area (Å²) in [6.45, 7) is 0.847. The highest BCUT2D eigenvalue weighted by molar-refractivity contribution is 9.10. The topological polar surface area (TPSA) is 68.2 Å². The Kier molecular flexibility index (Phi) is 6.58. The monoisotopic (exact) mass is 435 g/mol. The Morgan fingerprint density at radius 2 is 2.04 bits per heavy atom. The zero-order valence-electron chi connectivity index (χ0n) is 15.0. The van der Waals surface area contributed by atoms with E-state index < -0.39 is 18.3 Å². The number of ether oxygens (including phenoxy) is 3. The van der Waals surface area contributed by atoms with Crippen LogP contribution in [-0.4, -0.2) is 48.5 Å². The first-order valence-corrected chi connectivity index (χ1v) is 9.50. The Hall–Kier alpha value is -2.25. The standard InChI is InChI=1S/C20H22BrNO5/c1-25-15-7-8-18(16(21)11-15)27-19-9-10-22(12-17(19)23)20(24)26-13-14-5-3-2-4-6-14/h2-8,11,17,19,23H,9-10,12-13H2,1H3/t17-,19-/m0/s1. The lowest BCUT2D eigenvalue weighted by atomic mass is 10.1. The van der Waals surface area contributed by atoms with E-state index in [1.807, 2.05) is 30.3 Å². The molecule has 0 unspecified atom stereocenters. The van der Waals surface area contributed by atoms with Gasteiger partial charge in [-0.05, 0) is 39.7 Å². The van der Waals surface area contributed by atoms with Crippen LogP contribution >= 0.6 is 15.9 Å². The number of halogens is 1. The average molecular weight is 436 g/mol. The third kappa shape index (κ3) is 5.14. The van der Waals surface area contributed by atoms with Crippen molar-refractivity contribution in [1.82, 2.24) is 4.90 Å². The third-order valence-corrected chi connectivity index (χ3v) is 5.02. The molecule has 1 fully saturated rings. The number of aliphatic hydroxyl groups excluding tert-OH is 1. The molecule has 1 heterocycles. The molecule has 0 aromatic heterocycles. The lowest BCUT2D eigenvalue weighted by molar-refractivity contribution is -0.0255. The first-order chi connectivity index (χ1) is 13.1. The molecule has 27 heavy (non-hydrogen) atoms. The molecule has 2 aromatic carbocycles. The molecule has 1 saturated heterocycles. The first kappa shape index (κ1) is 19.5. The molecule has 1 N–H and O–H groups in total. The summed E-state index contributed by atoms with van der Waals surface area (Å²) < 4.78 is 17.2. The van der Waals surface area contributed by atoms with E-state index in [1.54, 1.807) is 25.3 Å². The summed E-state index contributed by atoms with van der Waals surface area (Å²) in [4.78, 5) is 13.7. The van der Waals surface area contributed by atoms with Crippen LogP contribution in [0.25, 0.3) is 0 Å². The first-order valence-electron chi connectivity index (χ1n) is 8.70. The summed E-state index contributed by atoms with van der Waals surface area (Å²) in [6.07, 6.45) is -1.10. The molecule has 144 valence electrons. The number of carbonyl (C=O) groups is 1. The van der Waals surface area contributed by atoms with Gasteiger partial charge in [-0.25, -0.2) is 4.79 Å². The van der Waals surface area contributed by atoms with Crippen molar-refractivity contribution in [2.45, 2.75) is 25.2 Å². The van der Waals surface area contributed by atoms with E-state index in [4.69, 9.17) is 14.2 Å². The number of piperidine rings is 1. The second kappa shape index (κ2) is 9.10. The molecular weight excluding hydrogens is 414 g/mol. The minimum atomic E-state index is -0.794. The van der Waals surface area contributed by atoms with Gasteiger partial charge in [0, 0.05) is 13.0 Å². The number of β-amino-alcohol motifs (C(OH)–C–C–N with tert-alkyl or cyclic N) is 1. The number of hydrogen-bond donors (Lipinski definition) is 1. The summed E-state index contributed by atoms with van der Waals surface area (Å²) in [6, 6.07) is 14.9. The molecule has 0 radical (unpaired) electrons. The number of likely N-dealkylation sites (tertiary alicyclic amines) is 1. The number of rotatable bonds is 5. The fraction of sp³-hybridized carbons (Fsp3) is 0.350. The molecule has 7 heteroatoms. The van der Waals surface area contributed by atoms with Gasteiger partial charge in [-0.3, -0.25) is 0 Å². The molecule has 1 aliphatic heterocycles. The highest BCUT2D eigenvalue weighted by Crippen LogP contribution is 2.31. The lowest BCUT2D eigenvalue weighted by Gasteiger charge is -2.35. The lowest BCUT2D eigenvalue weighted by Crippen LogP contribution is -2.51. The maximum absolute atomic E-state index is 12.2.